The highest BCUT2D eigenvalue weighted by Crippen LogP contribution is 2.28. The number of aliphatic hydroxyl groups excluding tert-OH is 1. The fourth-order valence-electron chi connectivity index (χ4n) is 3.21. The molecule has 2 aliphatic rings. The number of likely N-dealkylation sites (tertiary alicyclic amines) is 1. The topological polar surface area (TPSA) is 23.5 Å². The summed E-state index contributed by atoms with van der Waals surface area (Å²) in [5.74, 6) is 0.992. The van der Waals surface area contributed by atoms with Crippen molar-refractivity contribution in [1.82, 2.24) is 4.90 Å². The Morgan fingerprint density at radius 2 is 1.73 bits per heavy atom. The molecule has 1 N–H and O–H groups in total. The van der Waals surface area contributed by atoms with Gasteiger partial charge in [0.15, 0.2) is 0 Å². The van der Waals surface area contributed by atoms with E-state index in [0.717, 1.165) is 5.92 Å². The Kier molecular flexibility index (Phi) is 4.45. The molecule has 0 aromatic heterocycles. The second-order valence-corrected chi connectivity index (χ2v) is 5.31. The first-order valence-electron chi connectivity index (χ1n) is 6.75. The molecule has 0 bridgehead atoms. The number of piperidine rings is 1. The van der Waals surface area contributed by atoms with E-state index in [4.69, 9.17) is 0 Å². The smallest absolute Gasteiger partial charge is 0.0586 e. The van der Waals surface area contributed by atoms with Crippen LogP contribution in [0.2, 0.25) is 0 Å². The SMILES string of the molecule is OCC1CCCCN1CCC1CCCC1. The molecule has 0 radical (unpaired) electrons. The Labute approximate surface area is 93.7 Å². The second-order valence-electron chi connectivity index (χ2n) is 5.31. The predicted octanol–water partition coefficient (Wildman–Crippen LogP) is 2.41. The number of hydrogen-bond donors (Lipinski definition) is 1. The molecular formula is C13H25NO. The number of hydrogen-bond acceptors (Lipinski definition) is 2. The Balaban J connectivity index is 1.71. The molecule has 88 valence electrons. The maximum Gasteiger partial charge on any atom is 0.0586 e. The summed E-state index contributed by atoms with van der Waals surface area (Å²) in [4.78, 5) is 2.53. The monoisotopic (exact) mass is 211 g/mol. The fourth-order valence-corrected chi connectivity index (χ4v) is 3.21. The van der Waals surface area contributed by atoms with Crippen molar-refractivity contribution in [2.75, 3.05) is 19.7 Å². The van der Waals surface area contributed by atoms with Crippen LogP contribution in [0.25, 0.3) is 0 Å². The van der Waals surface area contributed by atoms with Crippen LogP contribution in [0.5, 0.6) is 0 Å². The molecule has 0 aromatic carbocycles. The molecule has 0 aromatic rings. The van der Waals surface area contributed by atoms with Crippen molar-refractivity contribution in [3.05, 3.63) is 0 Å². The Morgan fingerprint density at radius 3 is 2.47 bits per heavy atom. The van der Waals surface area contributed by atoms with E-state index in [1.165, 1.54) is 64.5 Å². The summed E-state index contributed by atoms with van der Waals surface area (Å²) in [6.45, 7) is 2.82. The molecule has 1 saturated carbocycles. The van der Waals surface area contributed by atoms with Crippen LogP contribution < -0.4 is 0 Å². The van der Waals surface area contributed by atoms with E-state index in [1.54, 1.807) is 0 Å². The van der Waals surface area contributed by atoms with Crippen LogP contribution in [0.4, 0.5) is 0 Å². The quantitative estimate of drug-likeness (QED) is 0.772. The average molecular weight is 211 g/mol. The van der Waals surface area contributed by atoms with E-state index in [1.807, 2.05) is 0 Å². The van der Waals surface area contributed by atoms with E-state index < -0.39 is 0 Å². The molecule has 1 heterocycles. The van der Waals surface area contributed by atoms with Crippen molar-refractivity contribution >= 4 is 0 Å². The maximum absolute atomic E-state index is 9.31. The van der Waals surface area contributed by atoms with Crippen LogP contribution >= 0.6 is 0 Å². The van der Waals surface area contributed by atoms with Crippen LogP contribution in [0.1, 0.15) is 51.4 Å². The Hall–Kier alpha value is -0.0800. The van der Waals surface area contributed by atoms with Crippen molar-refractivity contribution < 1.29 is 5.11 Å². The molecule has 1 unspecified atom stereocenters. The Bertz CT molecular complexity index is 177. The van der Waals surface area contributed by atoms with Crippen molar-refractivity contribution in [3.63, 3.8) is 0 Å². The van der Waals surface area contributed by atoms with Crippen molar-refractivity contribution in [2.45, 2.75) is 57.4 Å². The Morgan fingerprint density at radius 1 is 1.00 bits per heavy atom. The summed E-state index contributed by atoms with van der Waals surface area (Å²) in [6.07, 6.45) is 11.0. The normalized spacial score (nSPS) is 29.8. The van der Waals surface area contributed by atoms with E-state index in [2.05, 4.69) is 4.90 Å². The van der Waals surface area contributed by atoms with Gasteiger partial charge in [0, 0.05) is 6.04 Å². The van der Waals surface area contributed by atoms with Crippen molar-refractivity contribution in [3.8, 4) is 0 Å². The number of aliphatic hydroxyl groups is 1. The number of nitrogens with zero attached hydrogens (tertiary/aromatic N) is 1. The molecule has 1 atom stereocenters. The lowest BCUT2D eigenvalue weighted by atomic mass is 9.99. The first-order valence-corrected chi connectivity index (χ1v) is 6.75. The minimum Gasteiger partial charge on any atom is -0.395 e. The third kappa shape index (κ3) is 3.18. The van der Waals surface area contributed by atoms with Gasteiger partial charge in [0.05, 0.1) is 6.61 Å². The van der Waals surface area contributed by atoms with Gasteiger partial charge in [0.25, 0.3) is 0 Å². The molecule has 0 spiro atoms. The molecule has 1 aliphatic heterocycles. The first kappa shape index (κ1) is 11.4. The van der Waals surface area contributed by atoms with E-state index >= 15 is 0 Å². The number of rotatable bonds is 4. The van der Waals surface area contributed by atoms with E-state index in [-0.39, 0.29) is 0 Å². The van der Waals surface area contributed by atoms with Crippen molar-refractivity contribution in [2.24, 2.45) is 5.92 Å². The zero-order chi connectivity index (χ0) is 10.5. The molecule has 2 nitrogen and oxygen atoms in total. The molecule has 2 heteroatoms. The maximum atomic E-state index is 9.31. The summed E-state index contributed by atoms with van der Waals surface area (Å²) in [7, 11) is 0. The average Bonchev–Trinajstić information content (AvgIpc) is 2.79. The zero-order valence-electron chi connectivity index (χ0n) is 9.83. The zero-order valence-corrected chi connectivity index (χ0v) is 9.83. The lowest BCUT2D eigenvalue weighted by Crippen LogP contribution is -2.42. The van der Waals surface area contributed by atoms with Gasteiger partial charge in [0.2, 0.25) is 0 Å². The van der Waals surface area contributed by atoms with Gasteiger partial charge in [0.1, 0.15) is 0 Å². The highest BCUT2D eigenvalue weighted by atomic mass is 16.3. The molecule has 2 fully saturated rings. The third-order valence-corrected chi connectivity index (χ3v) is 4.26. The molecular weight excluding hydrogens is 186 g/mol. The highest BCUT2D eigenvalue weighted by Gasteiger charge is 2.23. The minimum absolute atomic E-state index is 0.366. The van der Waals surface area contributed by atoms with Gasteiger partial charge in [-0.25, -0.2) is 0 Å². The molecule has 2 rings (SSSR count). The largest absolute Gasteiger partial charge is 0.395 e. The van der Waals surface area contributed by atoms with Crippen LogP contribution in [-0.2, 0) is 0 Å². The van der Waals surface area contributed by atoms with E-state index in [0.29, 0.717) is 12.6 Å². The fraction of sp³-hybridized carbons (Fsp3) is 1.00. The summed E-state index contributed by atoms with van der Waals surface area (Å²) >= 11 is 0. The predicted molar refractivity (Wildman–Crippen MR) is 62.9 cm³/mol. The summed E-state index contributed by atoms with van der Waals surface area (Å²) in [6, 6.07) is 0.472. The van der Waals surface area contributed by atoms with Gasteiger partial charge < -0.3 is 5.11 Å². The van der Waals surface area contributed by atoms with Gasteiger partial charge in [-0.1, -0.05) is 32.1 Å². The molecule has 1 aliphatic carbocycles. The summed E-state index contributed by atoms with van der Waals surface area (Å²) in [5.41, 5.74) is 0. The van der Waals surface area contributed by atoms with Crippen LogP contribution in [0, 0.1) is 5.92 Å². The van der Waals surface area contributed by atoms with Crippen LogP contribution in [-0.4, -0.2) is 35.7 Å². The van der Waals surface area contributed by atoms with Gasteiger partial charge >= 0.3 is 0 Å². The van der Waals surface area contributed by atoms with Crippen LogP contribution in [0.3, 0.4) is 0 Å². The van der Waals surface area contributed by atoms with Crippen LogP contribution in [0.15, 0.2) is 0 Å². The first-order chi connectivity index (χ1) is 7.40. The molecule has 15 heavy (non-hydrogen) atoms. The standard InChI is InChI=1S/C13H25NO/c15-11-13-7-3-4-9-14(13)10-8-12-5-1-2-6-12/h12-13,15H,1-11H2. The molecule has 0 amide bonds. The van der Waals surface area contributed by atoms with Gasteiger partial charge in [-0.3, -0.25) is 4.90 Å². The lowest BCUT2D eigenvalue weighted by Gasteiger charge is -2.35. The van der Waals surface area contributed by atoms with Gasteiger partial charge in [-0.2, -0.15) is 0 Å². The van der Waals surface area contributed by atoms with Crippen molar-refractivity contribution in [1.29, 1.82) is 0 Å². The second kappa shape index (κ2) is 5.86. The lowest BCUT2D eigenvalue weighted by molar-refractivity contribution is 0.0851. The summed E-state index contributed by atoms with van der Waals surface area (Å²) < 4.78 is 0. The van der Waals surface area contributed by atoms with Gasteiger partial charge in [-0.05, 0) is 38.3 Å². The summed E-state index contributed by atoms with van der Waals surface area (Å²) in [5, 5.41) is 9.31. The van der Waals surface area contributed by atoms with Gasteiger partial charge in [-0.15, -0.1) is 0 Å². The minimum atomic E-state index is 0.366. The third-order valence-electron chi connectivity index (χ3n) is 4.26. The van der Waals surface area contributed by atoms with E-state index in [9.17, 15) is 5.11 Å². The highest BCUT2D eigenvalue weighted by molar-refractivity contribution is 4.77. The molecule has 1 saturated heterocycles.